The first-order valence-corrected chi connectivity index (χ1v) is 13.7. The molecule has 0 saturated heterocycles. The topological polar surface area (TPSA) is 111 Å². The van der Waals surface area contributed by atoms with Gasteiger partial charge in [0.05, 0.1) is 18.8 Å². The number of aromatic nitrogens is 2. The lowest BCUT2D eigenvalue weighted by molar-refractivity contribution is -0.137. The zero-order valence-electron chi connectivity index (χ0n) is 20.5. The van der Waals surface area contributed by atoms with Gasteiger partial charge in [-0.05, 0) is 55.7 Å². The Labute approximate surface area is 220 Å². The first kappa shape index (κ1) is 26.6. The number of aryl methyl sites for hydroxylation is 1. The molecule has 0 aliphatic carbocycles. The molecule has 1 aliphatic heterocycles. The summed E-state index contributed by atoms with van der Waals surface area (Å²) in [5.41, 5.74) is 2.05. The molecule has 0 fully saturated rings. The highest BCUT2D eigenvalue weighted by atomic mass is 35.5. The van der Waals surface area contributed by atoms with Crippen LogP contribution in [-0.4, -0.2) is 48.5 Å². The number of halogens is 1. The number of carboxylic acid groups (broad SMARTS) is 1. The number of carboxylic acids is 1. The molecule has 1 N–H and O–H groups in total. The van der Waals surface area contributed by atoms with E-state index in [1.165, 1.54) is 15.2 Å². The highest BCUT2D eigenvalue weighted by Crippen LogP contribution is 2.40. The molecule has 11 heteroatoms. The molecular weight excluding hydrogens is 518 g/mol. The Morgan fingerprint density at radius 2 is 1.89 bits per heavy atom. The summed E-state index contributed by atoms with van der Waals surface area (Å²) < 4.78 is 42.3. The molecule has 0 saturated carbocycles. The summed E-state index contributed by atoms with van der Waals surface area (Å²) in [5.74, 6) is -0.595. The van der Waals surface area contributed by atoms with Crippen LogP contribution in [0.4, 0.5) is 5.69 Å². The molecule has 4 rings (SSSR count). The van der Waals surface area contributed by atoms with Crippen molar-refractivity contribution in [1.82, 2.24) is 9.78 Å². The van der Waals surface area contributed by atoms with Crippen molar-refractivity contribution in [1.29, 1.82) is 0 Å². The van der Waals surface area contributed by atoms with E-state index < -0.39 is 22.1 Å². The summed E-state index contributed by atoms with van der Waals surface area (Å²) in [7, 11) is -4.12. The van der Waals surface area contributed by atoms with Crippen LogP contribution in [0.3, 0.4) is 0 Å². The van der Waals surface area contributed by atoms with Crippen molar-refractivity contribution in [3.05, 3.63) is 64.8 Å². The molecule has 1 aromatic heterocycles. The number of hydrogen-bond acceptors (Lipinski definition) is 6. The summed E-state index contributed by atoms with van der Waals surface area (Å²) in [6, 6.07) is 12.6. The second-order valence-electron chi connectivity index (χ2n) is 8.41. The van der Waals surface area contributed by atoms with Gasteiger partial charge in [0.2, 0.25) is 0 Å². The van der Waals surface area contributed by atoms with Gasteiger partial charge in [-0.15, -0.1) is 5.10 Å². The minimum absolute atomic E-state index is 0.0262. The molecule has 0 amide bonds. The molecule has 1 aliphatic rings. The molecule has 196 valence electrons. The highest BCUT2D eigenvalue weighted by Gasteiger charge is 2.37. The Bertz CT molecular complexity index is 1400. The number of carbonyl (C=O) groups is 1. The summed E-state index contributed by atoms with van der Waals surface area (Å²) >= 11 is 5.96. The van der Waals surface area contributed by atoms with Crippen molar-refractivity contribution in [2.75, 3.05) is 17.5 Å². The Balaban J connectivity index is 1.74. The monoisotopic (exact) mass is 545 g/mol. The third kappa shape index (κ3) is 6.08. The van der Waals surface area contributed by atoms with Crippen molar-refractivity contribution in [2.45, 2.75) is 44.2 Å². The summed E-state index contributed by atoms with van der Waals surface area (Å²) in [4.78, 5) is 11.1. The van der Waals surface area contributed by atoms with Crippen LogP contribution in [0.15, 0.2) is 53.6 Å². The van der Waals surface area contributed by atoms with Crippen molar-refractivity contribution >= 4 is 45.4 Å². The van der Waals surface area contributed by atoms with Gasteiger partial charge in [-0.3, -0.25) is 13.8 Å². The quantitative estimate of drug-likeness (QED) is 0.359. The SMILES string of the molecule is CCOc1nn(CC)cc1S(=O)(=O)N1C[C@H](CCC(=O)O)Oc2ccc(/C=C/c3ccc(Cl)cc3)cc21. The highest BCUT2D eigenvalue weighted by molar-refractivity contribution is 7.93. The van der Waals surface area contributed by atoms with E-state index in [-0.39, 0.29) is 36.8 Å². The standard InChI is InChI=1S/C26H28ClN3O6S/c1-3-29-17-24(26(28-29)35-4-2)37(33,34)30-16-21(12-14-25(31)32)36-23-13-9-19(15-22(23)30)6-5-18-7-10-20(27)11-8-18/h5-11,13,15,17,21H,3-4,12,14,16H2,1-2H3,(H,31,32)/b6-5+/t21-/m0/s1. The maximum absolute atomic E-state index is 14.0. The maximum Gasteiger partial charge on any atom is 0.303 e. The Kier molecular flexibility index (Phi) is 8.09. The second kappa shape index (κ2) is 11.3. The van der Waals surface area contributed by atoms with E-state index in [1.807, 2.05) is 37.3 Å². The van der Waals surface area contributed by atoms with E-state index in [2.05, 4.69) is 5.10 Å². The number of fused-ring (bicyclic) bond motifs is 1. The van der Waals surface area contributed by atoms with Gasteiger partial charge in [0, 0.05) is 24.2 Å². The number of rotatable bonds is 10. The smallest absolute Gasteiger partial charge is 0.303 e. The molecule has 2 heterocycles. The number of aliphatic carboxylic acids is 1. The number of ether oxygens (including phenoxy) is 2. The molecule has 0 radical (unpaired) electrons. The largest absolute Gasteiger partial charge is 0.486 e. The predicted molar refractivity (Wildman–Crippen MR) is 142 cm³/mol. The van der Waals surface area contributed by atoms with Gasteiger partial charge in [-0.25, -0.2) is 8.42 Å². The fraction of sp³-hybridized carbons (Fsp3) is 0.308. The molecule has 0 spiro atoms. The minimum atomic E-state index is -4.12. The first-order chi connectivity index (χ1) is 17.7. The molecule has 0 unspecified atom stereocenters. The van der Waals surface area contributed by atoms with Crippen LogP contribution in [0.5, 0.6) is 11.6 Å². The van der Waals surface area contributed by atoms with Gasteiger partial charge < -0.3 is 14.6 Å². The lowest BCUT2D eigenvalue weighted by Crippen LogP contribution is -2.43. The number of benzene rings is 2. The van der Waals surface area contributed by atoms with Crippen LogP contribution >= 0.6 is 11.6 Å². The number of nitrogens with zero attached hydrogens (tertiary/aromatic N) is 3. The van der Waals surface area contributed by atoms with E-state index >= 15 is 0 Å². The first-order valence-electron chi connectivity index (χ1n) is 11.9. The van der Waals surface area contributed by atoms with Crippen LogP contribution in [0.2, 0.25) is 5.02 Å². The van der Waals surface area contributed by atoms with Gasteiger partial charge in [-0.2, -0.15) is 0 Å². The zero-order valence-corrected chi connectivity index (χ0v) is 22.1. The van der Waals surface area contributed by atoms with Crippen LogP contribution in [0.25, 0.3) is 12.2 Å². The molecule has 2 aromatic carbocycles. The Morgan fingerprint density at radius 1 is 1.19 bits per heavy atom. The van der Waals surface area contributed by atoms with E-state index in [0.29, 0.717) is 23.0 Å². The van der Waals surface area contributed by atoms with Crippen molar-refractivity contribution < 1.29 is 27.8 Å². The van der Waals surface area contributed by atoms with Gasteiger partial charge in [0.25, 0.3) is 15.9 Å². The van der Waals surface area contributed by atoms with Gasteiger partial charge in [-0.1, -0.05) is 42.0 Å². The van der Waals surface area contributed by atoms with Gasteiger partial charge in [0.15, 0.2) is 4.90 Å². The van der Waals surface area contributed by atoms with E-state index in [4.69, 9.17) is 26.2 Å². The lowest BCUT2D eigenvalue weighted by atomic mass is 10.1. The third-order valence-electron chi connectivity index (χ3n) is 5.80. The van der Waals surface area contributed by atoms with Crippen LogP contribution in [0.1, 0.15) is 37.8 Å². The molecule has 1 atom stereocenters. The predicted octanol–water partition coefficient (Wildman–Crippen LogP) is 4.95. The molecule has 3 aromatic rings. The average Bonchev–Trinajstić information content (AvgIpc) is 3.30. The van der Waals surface area contributed by atoms with Crippen LogP contribution < -0.4 is 13.8 Å². The lowest BCUT2D eigenvalue weighted by Gasteiger charge is -2.35. The molecule has 9 nitrogen and oxygen atoms in total. The minimum Gasteiger partial charge on any atom is -0.486 e. The summed E-state index contributed by atoms with van der Waals surface area (Å²) in [6.07, 6.45) is 4.59. The fourth-order valence-corrected chi connectivity index (χ4v) is 5.64. The van der Waals surface area contributed by atoms with Crippen molar-refractivity contribution in [3.8, 4) is 11.6 Å². The second-order valence-corrected chi connectivity index (χ2v) is 10.7. The Hall–Kier alpha value is -3.50. The van der Waals surface area contributed by atoms with Gasteiger partial charge in [0.1, 0.15) is 11.9 Å². The molecule has 37 heavy (non-hydrogen) atoms. The maximum atomic E-state index is 14.0. The zero-order chi connectivity index (χ0) is 26.6. The van der Waals surface area contributed by atoms with Crippen LogP contribution in [0, 0.1) is 0 Å². The molecular formula is C26H28ClN3O6S. The third-order valence-corrected chi connectivity index (χ3v) is 7.82. The van der Waals surface area contributed by atoms with Crippen molar-refractivity contribution in [3.63, 3.8) is 0 Å². The average molecular weight is 546 g/mol. The van der Waals surface area contributed by atoms with E-state index in [1.54, 1.807) is 31.2 Å². The molecule has 0 bridgehead atoms. The number of hydrogen-bond donors (Lipinski definition) is 1. The normalized spacial score (nSPS) is 15.4. The number of anilines is 1. The van der Waals surface area contributed by atoms with E-state index in [0.717, 1.165) is 11.1 Å². The summed E-state index contributed by atoms with van der Waals surface area (Å²) in [6.45, 7) is 4.28. The number of sulfonamides is 1. The Morgan fingerprint density at radius 3 is 2.57 bits per heavy atom. The fourth-order valence-electron chi connectivity index (χ4n) is 3.94. The van der Waals surface area contributed by atoms with Crippen LogP contribution in [-0.2, 0) is 21.4 Å². The summed E-state index contributed by atoms with van der Waals surface area (Å²) in [5, 5.41) is 14.0. The van der Waals surface area contributed by atoms with Crippen molar-refractivity contribution in [2.24, 2.45) is 0 Å². The van der Waals surface area contributed by atoms with E-state index in [9.17, 15) is 13.2 Å². The van der Waals surface area contributed by atoms with Gasteiger partial charge >= 0.3 is 5.97 Å².